The third kappa shape index (κ3) is 3.90. The third-order valence-corrected chi connectivity index (χ3v) is 3.90. The second kappa shape index (κ2) is 6.88. The van der Waals surface area contributed by atoms with Gasteiger partial charge in [-0.2, -0.15) is 4.37 Å². The number of unbranched alkanes of at least 4 members (excludes halogenated alkanes) is 2. The van der Waals surface area contributed by atoms with Crippen LogP contribution >= 0.6 is 11.5 Å². The van der Waals surface area contributed by atoms with Crippen molar-refractivity contribution in [3.05, 3.63) is 6.33 Å². The molecule has 5 nitrogen and oxygen atoms in total. The molecule has 17 heavy (non-hydrogen) atoms. The Morgan fingerprint density at radius 1 is 1.18 bits per heavy atom. The van der Waals surface area contributed by atoms with Crippen LogP contribution in [0.15, 0.2) is 6.33 Å². The molecular formula is C11H21N5S. The van der Waals surface area contributed by atoms with Gasteiger partial charge in [0.1, 0.15) is 6.33 Å². The average Bonchev–Trinajstić information content (AvgIpc) is 2.89. The van der Waals surface area contributed by atoms with Crippen molar-refractivity contribution in [3.63, 3.8) is 0 Å². The molecular weight excluding hydrogens is 234 g/mol. The van der Waals surface area contributed by atoms with E-state index in [1.807, 2.05) is 0 Å². The van der Waals surface area contributed by atoms with Gasteiger partial charge in [0.25, 0.3) is 0 Å². The summed E-state index contributed by atoms with van der Waals surface area (Å²) in [5.41, 5.74) is 5.49. The van der Waals surface area contributed by atoms with Crippen molar-refractivity contribution in [1.29, 1.82) is 0 Å². The molecule has 6 heteroatoms. The largest absolute Gasteiger partial charge is 0.344 e. The fraction of sp³-hybridized carbons (Fsp3) is 0.818. The lowest BCUT2D eigenvalue weighted by Gasteiger charge is -2.34. The van der Waals surface area contributed by atoms with E-state index in [1.54, 1.807) is 6.33 Å². The van der Waals surface area contributed by atoms with Crippen molar-refractivity contribution < 1.29 is 0 Å². The summed E-state index contributed by atoms with van der Waals surface area (Å²) < 4.78 is 4.05. The van der Waals surface area contributed by atoms with Gasteiger partial charge < -0.3 is 10.6 Å². The molecule has 0 saturated carbocycles. The van der Waals surface area contributed by atoms with Gasteiger partial charge in [-0.25, -0.2) is 4.98 Å². The zero-order valence-corrected chi connectivity index (χ0v) is 11.0. The summed E-state index contributed by atoms with van der Waals surface area (Å²) in [5.74, 6) is 0. The van der Waals surface area contributed by atoms with E-state index in [-0.39, 0.29) is 0 Å². The molecule has 0 aromatic carbocycles. The molecule has 1 aromatic rings. The van der Waals surface area contributed by atoms with Crippen molar-refractivity contribution in [3.8, 4) is 0 Å². The first-order valence-corrected chi connectivity index (χ1v) is 7.11. The first kappa shape index (κ1) is 12.7. The molecule has 2 heterocycles. The van der Waals surface area contributed by atoms with Crippen molar-refractivity contribution in [2.75, 3.05) is 44.2 Å². The molecule has 0 atom stereocenters. The Kier molecular flexibility index (Phi) is 5.15. The van der Waals surface area contributed by atoms with Crippen LogP contribution in [0.3, 0.4) is 0 Å². The first-order chi connectivity index (χ1) is 8.40. The minimum Gasteiger partial charge on any atom is -0.344 e. The first-order valence-electron chi connectivity index (χ1n) is 6.34. The number of anilines is 1. The summed E-state index contributed by atoms with van der Waals surface area (Å²) in [6, 6.07) is 0. The van der Waals surface area contributed by atoms with Crippen LogP contribution in [-0.2, 0) is 0 Å². The summed E-state index contributed by atoms with van der Waals surface area (Å²) in [6.45, 7) is 6.47. The molecule has 1 aromatic heterocycles. The third-order valence-electron chi connectivity index (χ3n) is 3.17. The van der Waals surface area contributed by atoms with Crippen LogP contribution in [0.25, 0.3) is 0 Å². The summed E-state index contributed by atoms with van der Waals surface area (Å²) in [5, 5.41) is 1.06. The summed E-state index contributed by atoms with van der Waals surface area (Å²) in [4.78, 5) is 9.12. The maximum atomic E-state index is 5.49. The Morgan fingerprint density at radius 3 is 2.65 bits per heavy atom. The summed E-state index contributed by atoms with van der Waals surface area (Å²) >= 11 is 1.49. The number of hydrogen-bond donors (Lipinski definition) is 1. The number of nitrogens with two attached hydrogens (primary N) is 1. The van der Waals surface area contributed by atoms with Gasteiger partial charge in [-0.05, 0) is 25.9 Å². The van der Waals surface area contributed by atoms with Gasteiger partial charge in [-0.1, -0.05) is 6.42 Å². The predicted octanol–water partition coefficient (Wildman–Crippen LogP) is 0.789. The van der Waals surface area contributed by atoms with Crippen LogP contribution in [0.1, 0.15) is 19.3 Å². The molecule has 1 saturated heterocycles. The maximum absolute atomic E-state index is 5.49. The fourth-order valence-electron chi connectivity index (χ4n) is 2.13. The lowest BCUT2D eigenvalue weighted by atomic mass is 10.2. The van der Waals surface area contributed by atoms with E-state index in [0.29, 0.717) is 0 Å². The molecule has 2 rings (SSSR count). The Labute approximate surface area is 107 Å². The van der Waals surface area contributed by atoms with Crippen LogP contribution < -0.4 is 10.6 Å². The van der Waals surface area contributed by atoms with Gasteiger partial charge in [0.2, 0.25) is 5.13 Å². The molecule has 0 bridgehead atoms. The highest BCUT2D eigenvalue weighted by Gasteiger charge is 2.18. The van der Waals surface area contributed by atoms with Crippen LogP contribution in [0, 0.1) is 0 Å². The monoisotopic (exact) mass is 255 g/mol. The number of piperazine rings is 1. The van der Waals surface area contributed by atoms with Crippen LogP contribution in [0.5, 0.6) is 0 Å². The number of nitrogens with zero attached hydrogens (tertiary/aromatic N) is 4. The zero-order chi connectivity index (χ0) is 11.9. The zero-order valence-electron chi connectivity index (χ0n) is 10.2. The Bertz CT molecular complexity index is 295. The molecule has 0 unspecified atom stereocenters. The lowest BCUT2D eigenvalue weighted by Crippen LogP contribution is -2.46. The molecule has 2 N–H and O–H groups in total. The molecule has 1 fully saturated rings. The molecule has 0 spiro atoms. The summed E-state index contributed by atoms with van der Waals surface area (Å²) in [7, 11) is 0. The van der Waals surface area contributed by atoms with E-state index >= 15 is 0 Å². The smallest absolute Gasteiger partial charge is 0.205 e. The molecule has 0 radical (unpaired) electrons. The highest BCUT2D eigenvalue weighted by atomic mass is 32.1. The normalized spacial score (nSPS) is 17.6. The lowest BCUT2D eigenvalue weighted by molar-refractivity contribution is 0.252. The summed E-state index contributed by atoms with van der Waals surface area (Å²) in [6.07, 6.45) is 5.33. The number of aromatic nitrogens is 2. The highest BCUT2D eigenvalue weighted by molar-refractivity contribution is 7.09. The van der Waals surface area contributed by atoms with E-state index < -0.39 is 0 Å². The highest BCUT2D eigenvalue weighted by Crippen LogP contribution is 2.16. The standard InChI is InChI=1S/C11H21N5S/c12-4-2-1-3-5-15-6-8-16(9-7-15)11-13-10-14-17-11/h10H,1-9,12H2. The van der Waals surface area contributed by atoms with Gasteiger partial charge in [0.05, 0.1) is 0 Å². The van der Waals surface area contributed by atoms with Crippen LogP contribution in [-0.4, -0.2) is 53.5 Å². The van der Waals surface area contributed by atoms with Crippen molar-refractivity contribution in [1.82, 2.24) is 14.3 Å². The molecule has 96 valence electrons. The van der Waals surface area contributed by atoms with E-state index in [0.717, 1.165) is 44.3 Å². The molecule has 0 aliphatic carbocycles. The van der Waals surface area contributed by atoms with Crippen LogP contribution in [0.4, 0.5) is 5.13 Å². The number of hydrogen-bond acceptors (Lipinski definition) is 6. The second-order valence-electron chi connectivity index (χ2n) is 4.40. The van der Waals surface area contributed by atoms with Crippen molar-refractivity contribution in [2.24, 2.45) is 5.73 Å². The van der Waals surface area contributed by atoms with E-state index in [4.69, 9.17) is 5.73 Å². The quantitative estimate of drug-likeness (QED) is 0.762. The van der Waals surface area contributed by atoms with Gasteiger partial charge >= 0.3 is 0 Å². The van der Waals surface area contributed by atoms with Gasteiger partial charge in [-0.15, -0.1) is 0 Å². The predicted molar refractivity (Wildman–Crippen MR) is 71.5 cm³/mol. The minimum atomic E-state index is 0.824. The second-order valence-corrected chi connectivity index (χ2v) is 5.16. The molecule has 1 aliphatic rings. The van der Waals surface area contributed by atoms with E-state index in [9.17, 15) is 0 Å². The fourth-order valence-corrected chi connectivity index (χ4v) is 2.71. The van der Waals surface area contributed by atoms with E-state index in [1.165, 1.54) is 30.9 Å². The van der Waals surface area contributed by atoms with Crippen molar-refractivity contribution in [2.45, 2.75) is 19.3 Å². The Morgan fingerprint density at radius 2 is 2.00 bits per heavy atom. The number of rotatable bonds is 6. The van der Waals surface area contributed by atoms with Gasteiger partial charge in [0.15, 0.2) is 0 Å². The molecule has 1 aliphatic heterocycles. The van der Waals surface area contributed by atoms with E-state index in [2.05, 4.69) is 19.2 Å². The van der Waals surface area contributed by atoms with Crippen molar-refractivity contribution >= 4 is 16.7 Å². The van der Waals surface area contributed by atoms with Gasteiger partial charge in [-0.3, -0.25) is 4.90 Å². The molecule has 0 amide bonds. The Hall–Kier alpha value is -0.720. The van der Waals surface area contributed by atoms with Gasteiger partial charge in [0, 0.05) is 37.7 Å². The SMILES string of the molecule is NCCCCCN1CCN(c2ncns2)CC1. The average molecular weight is 255 g/mol. The Balaban J connectivity index is 1.64. The topological polar surface area (TPSA) is 58.3 Å². The minimum absolute atomic E-state index is 0.824. The van der Waals surface area contributed by atoms with Crippen LogP contribution in [0.2, 0.25) is 0 Å². The maximum Gasteiger partial charge on any atom is 0.205 e.